The molecule has 2 saturated heterocycles. The van der Waals surface area contributed by atoms with E-state index in [0.29, 0.717) is 29.5 Å². The van der Waals surface area contributed by atoms with Crippen molar-refractivity contribution in [2.45, 2.75) is 50.0 Å². The van der Waals surface area contributed by atoms with Crippen LogP contribution in [0.25, 0.3) is 22.2 Å². The van der Waals surface area contributed by atoms with Crippen LogP contribution in [0.5, 0.6) is 0 Å². The third-order valence-electron chi connectivity index (χ3n) is 7.24. The van der Waals surface area contributed by atoms with Crippen LogP contribution in [0, 0.1) is 10.1 Å². The molecule has 0 radical (unpaired) electrons. The van der Waals surface area contributed by atoms with Gasteiger partial charge in [-0.1, -0.05) is 35.8 Å². The van der Waals surface area contributed by atoms with Gasteiger partial charge >= 0.3 is 13.6 Å². The van der Waals surface area contributed by atoms with Crippen LogP contribution >= 0.6 is 38.1 Å². The number of aromatic nitrogens is 7. The van der Waals surface area contributed by atoms with Crippen molar-refractivity contribution < 1.29 is 41.6 Å². The molecule has 19 nitrogen and oxygen atoms in total. The second-order valence-electron chi connectivity index (χ2n) is 10.0. The van der Waals surface area contributed by atoms with E-state index >= 15 is 0 Å². The summed E-state index contributed by atoms with van der Waals surface area (Å²) >= 11 is 8.06. The molecule has 5 heterocycles. The Kier molecular flexibility index (Phi) is 9.19. The van der Waals surface area contributed by atoms with E-state index in [1.165, 1.54) is 30.5 Å². The number of nitrogens with zero attached hydrogens (tertiary/aromatic N) is 8. The highest BCUT2D eigenvalue weighted by atomic mass is 32.7. The van der Waals surface area contributed by atoms with Crippen LogP contribution in [-0.2, 0) is 36.7 Å². The van der Waals surface area contributed by atoms with Gasteiger partial charge in [-0.2, -0.15) is 0 Å². The highest BCUT2D eigenvalue weighted by Gasteiger charge is 2.43. The number of benzene rings is 1. The highest BCUT2D eigenvalue weighted by molar-refractivity contribution is 8.44. The lowest BCUT2D eigenvalue weighted by Crippen LogP contribution is -2.28. The number of nitro benzene ring substituents is 1. The normalized spacial score (nSPS) is 26.3. The number of nitrogen functional groups attached to an aromatic ring is 1. The molecule has 2 unspecified atom stereocenters. The molecule has 2 aliphatic rings. The van der Waals surface area contributed by atoms with Gasteiger partial charge in [-0.25, -0.2) is 28.8 Å². The smallest absolute Gasteiger partial charge is 0.382 e. The Morgan fingerprint density at radius 2 is 1.89 bits per heavy atom. The molecule has 2 N–H and O–H groups in total. The van der Waals surface area contributed by atoms with E-state index in [1.807, 2.05) is 0 Å². The quantitative estimate of drug-likeness (QED) is 0.0822. The zero-order chi connectivity index (χ0) is 31.9. The number of nitrogens with two attached hydrogens (primary N) is 1. The minimum atomic E-state index is -4.02. The molecule has 6 rings (SSSR count). The van der Waals surface area contributed by atoms with Gasteiger partial charge in [0.1, 0.15) is 30.3 Å². The van der Waals surface area contributed by atoms with Crippen LogP contribution in [0.1, 0.15) is 31.7 Å². The Balaban J connectivity index is 1.11. The van der Waals surface area contributed by atoms with Gasteiger partial charge in [-0.3, -0.25) is 28.3 Å². The van der Waals surface area contributed by atoms with E-state index in [9.17, 15) is 19.2 Å². The van der Waals surface area contributed by atoms with Crippen LogP contribution in [0.2, 0.25) is 0 Å². The Labute approximate surface area is 264 Å². The van der Waals surface area contributed by atoms with E-state index in [1.54, 1.807) is 16.7 Å². The summed E-state index contributed by atoms with van der Waals surface area (Å²) < 4.78 is 62.4. The molecule has 23 heteroatoms. The second-order valence-corrected chi connectivity index (χ2v) is 15.9. The molecule has 242 valence electrons. The largest absolute Gasteiger partial charge is 0.386 e. The number of nitro groups is 1. The van der Waals surface area contributed by atoms with Gasteiger partial charge in [0.05, 0.1) is 36.1 Å². The molecule has 0 aliphatic carbocycles. The SMILES string of the molecule is COP(=O)(S)OC[C@H]1O[C@@H](n2cnc3c(N)ncnc32)C[C@@H]1OP(=O)(S)OC[C@@H]1CC[C@H](n2nnc3c([N+](=O)[O-])cccc32)O1. The summed E-state index contributed by atoms with van der Waals surface area (Å²) in [4.78, 5) is 23.2. The summed E-state index contributed by atoms with van der Waals surface area (Å²) in [5, 5.41) is 19.3. The van der Waals surface area contributed by atoms with Crippen molar-refractivity contribution in [3.05, 3.63) is 41.0 Å². The third kappa shape index (κ3) is 6.87. The predicted octanol–water partition coefficient (Wildman–Crippen LogP) is 3.87. The fourth-order valence-electron chi connectivity index (χ4n) is 5.11. The topological polar surface area (TPSA) is 233 Å². The molecule has 2 fully saturated rings. The lowest BCUT2D eigenvalue weighted by Gasteiger charge is -2.23. The van der Waals surface area contributed by atoms with Crippen molar-refractivity contribution in [1.29, 1.82) is 0 Å². The van der Waals surface area contributed by atoms with Gasteiger partial charge in [-0.05, 0) is 18.9 Å². The molecule has 0 spiro atoms. The number of anilines is 1. The summed E-state index contributed by atoms with van der Waals surface area (Å²) in [6.45, 7) is -8.13. The lowest BCUT2D eigenvalue weighted by atomic mass is 10.2. The molecule has 45 heavy (non-hydrogen) atoms. The molecule has 0 amide bonds. The molecule has 1 aromatic carbocycles. The number of fused-ring (bicyclic) bond motifs is 2. The fraction of sp³-hybridized carbons (Fsp3) is 0.500. The number of imidazole rings is 1. The monoisotopic (exact) mass is 703 g/mol. The highest BCUT2D eigenvalue weighted by Crippen LogP contribution is 2.57. The Morgan fingerprint density at radius 3 is 2.67 bits per heavy atom. The zero-order valence-corrected chi connectivity index (χ0v) is 26.9. The summed E-state index contributed by atoms with van der Waals surface area (Å²) in [5.74, 6) is 0.184. The van der Waals surface area contributed by atoms with Crippen molar-refractivity contribution in [2.75, 3.05) is 26.1 Å². The van der Waals surface area contributed by atoms with Gasteiger partial charge in [0.2, 0.25) is 0 Å². The number of hydrogen-bond donors (Lipinski definition) is 3. The Morgan fingerprint density at radius 1 is 1.09 bits per heavy atom. The summed E-state index contributed by atoms with van der Waals surface area (Å²) in [5.41, 5.74) is 7.11. The average molecular weight is 704 g/mol. The maximum atomic E-state index is 13.4. The van der Waals surface area contributed by atoms with Gasteiger partial charge < -0.3 is 19.7 Å². The number of rotatable bonds is 12. The van der Waals surface area contributed by atoms with E-state index in [0.717, 1.165) is 0 Å². The molecule has 0 saturated carbocycles. The number of thiol groups is 2. The van der Waals surface area contributed by atoms with Crippen LogP contribution in [0.4, 0.5) is 11.5 Å². The van der Waals surface area contributed by atoms with Gasteiger partial charge in [0.25, 0.3) is 5.69 Å². The minimum absolute atomic E-state index is 0.134. The molecular weight excluding hydrogens is 676 g/mol. The van der Waals surface area contributed by atoms with Crippen molar-refractivity contribution >= 4 is 71.8 Å². The first-order valence-corrected chi connectivity index (χ1v) is 18.7. The minimum Gasteiger partial charge on any atom is -0.382 e. The van der Waals surface area contributed by atoms with Crippen molar-refractivity contribution in [1.82, 2.24) is 34.5 Å². The van der Waals surface area contributed by atoms with Crippen LogP contribution < -0.4 is 5.73 Å². The third-order valence-corrected chi connectivity index (χ3v) is 10.7. The standard InChI is InChI=1S/C22H27N9O10P2S2/c1-36-42(34,44)38-9-16-15(7-18(40-16)29-11-26-20-21(23)24-10-25-22(20)29)41-43(35,45)37-8-12-5-6-17(39-12)30-13-3-2-4-14(31(32)33)19(13)27-28-30/h2-4,10-12,15-18H,5-9H2,1H3,(H,34,44)(H,35,45)(H2,23,24,25)/t12-,15-,16+,17+,18+,42?,43?/m0/s1. The number of non-ortho nitro benzene ring substituents is 1. The molecule has 7 atom stereocenters. The van der Waals surface area contributed by atoms with Crippen LogP contribution in [0.15, 0.2) is 30.9 Å². The van der Waals surface area contributed by atoms with Crippen LogP contribution in [0.3, 0.4) is 0 Å². The van der Waals surface area contributed by atoms with Gasteiger partial charge in [-0.15, -0.1) is 5.10 Å². The van der Waals surface area contributed by atoms with E-state index in [4.69, 9.17) is 33.3 Å². The number of ether oxygens (including phenoxy) is 2. The van der Waals surface area contributed by atoms with Crippen molar-refractivity contribution in [2.24, 2.45) is 0 Å². The Hall–Kier alpha value is -2.71. The van der Waals surface area contributed by atoms with Crippen molar-refractivity contribution in [3.8, 4) is 0 Å². The maximum absolute atomic E-state index is 13.4. The summed E-state index contributed by atoms with van der Waals surface area (Å²) in [7, 11) is 1.18. The lowest BCUT2D eigenvalue weighted by molar-refractivity contribution is -0.383. The molecule has 2 aliphatic heterocycles. The van der Waals surface area contributed by atoms with E-state index in [2.05, 4.69) is 49.8 Å². The molecule has 0 bridgehead atoms. The Bertz CT molecular complexity index is 1830. The molecule has 3 aromatic heterocycles. The molecular formula is C22H27N9O10P2S2. The first kappa shape index (κ1) is 32.2. The first-order chi connectivity index (χ1) is 21.4. The van der Waals surface area contributed by atoms with Gasteiger partial charge in [0.15, 0.2) is 23.2 Å². The zero-order valence-electron chi connectivity index (χ0n) is 23.3. The summed E-state index contributed by atoms with van der Waals surface area (Å²) in [6.07, 6.45) is 0.293. The fourth-order valence-corrected chi connectivity index (χ4v) is 7.29. The molecule has 4 aromatic rings. The average Bonchev–Trinajstić information content (AvgIpc) is 3.80. The second kappa shape index (κ2) is 12.8. The summed E-state index contributed by atoms with van der Waals surface area (Å²) in [6, 6.07) is 4.56. The first-order valence-electron chi connectivity index (χ1n) is 13.4. The number of hydrogen-bond acceptors (Lipinski definition) is 16. The predicted molar refractivity (Wildman–Crippen MR) is 163 cm³/mol. The maximum Gasteiger partial charge on any atom is 0.386 e. The van der Waals surface area contributed by atoms with E-state index in [-0.39, 0.29) is 36.7 Å². The van der Waals surface area contributed by atoms with Crippen LogP contribution in [-0.4, -0.2) is 78.1 Å². The van der Waals surface area contributed by atoms with Crippen molar-refractivity contribution in [3.63, 3.8) is 0 Å². The van der Waals surface area contributed by atoms with Gasteiger partial charge in [0, 0.05) is 19.6 Å². The van der Waals surface area contributed by atoms with E-state index < -0.39 is 49.3 Å².